The molecule has 3 aromatic rings. The Kier molecular flexibility index (Phi) is 4.02. The van der Waals surface area contributed by atoms with Gasteiger partial charge in [-0.3, -0.25) is 14.7 Å². The third-order valence-corrected chi connectivity index (χ3v) is 4.16. The Hall–Kier alpha value is -2.82. The predicted octanol–water partition coefficient (Wildman–Crippen LogP) is 2.86. The molecule has 0 saturated heterocycles. The van der Waals surface area contributed by atoms with Crippen LogP contribution >= 0.6 is 0 Å². The number of aromatic amines is 2. The molecule has 1 heterocycles. The molecule has 0 aliphatic heterocycles. The second kappa shape index (κ2) is 6.12. The fourth-order valence-electron chi connectivity index (χ4n) is 3.05. The molecule has 118 valence electrons. The SMILES string of the molecule is COC(=O)C[C@H](c1c(C)[nH][nH]c1=O)c1cccc2ccccc12. The van der Waals surface area contributed by atoms with Gasteiger partial charge in [-0.15, -0.1) is 0 Å². The molecule has 5 nitrogen and oxygen atoms in total. The Labute approximate surface area is 133 Å². The summed E-state index contributed by atoms with van der Waals surface area (Å²) in [5.74, 6) is -0.702. The van der Waals surface area contributed by atoms with Gasteiger partial charge >= 0.3 is 5.97 Å². The molecular weight excluding hydrogens is 292 g/mol. The summed E-state index contributed by atoms with van der Waals surface area (Å²) in [6.07, 6.45) is 0.117. The van der Waals surface area contributed by atoms with E-state index in [1.165, 1.54) is 7.11 Å². The summed E-state index contributed by atoms with van der Waals surface area (Å²) in [6, 6.07) is 13.9. The van der Waals surface area contributed by atoms with Gasteiger partial charge in [0.15, 0.2) is 0 Å². The molecule has 0 amide bonds. The first-order valence-corrected chi connectivity index (χ1v) is 7.43. The van der Waals surface area contributed by atoms with Crippen LogP contribution in [0.15, 0.2) is 47.3 Å². The maximum atomic E-state index is 12.2. The number of ether oxygens (including phenoxy) is 1. The van der Waals surface area contributed by atoms with E-state index in [0.29, 0.717) is 5.56 Å². The molecule has 0 spiro atoms. The first-order valence-electron chi connectivity index (χ1n) is 7.43. The van der Waals surface area contributed by atoms with Crippen molar-refractivity contribution in [1.82, 2.24) is 10.2 Å². The fraction of sp³-hybridized carbons (Fsp3) is 0.222. The summed E-state index contributed by atoms with van der Waals surface area (Å²) in [5.41, 5.74) is 2.05. The van der Waals surface area contributed by atoms with Crippen molar-refractivity contribution in [1.29, 1.82) is 0 Å². The molecule has 1 aromatic heterocycles. The molecule has 5 heteroatoms. The zero-order valence-electron chi connectivity index (χ0n) is 13.1. The summed E-state index contributed by atoms with van der Waals surface area (Å²) >= 11 is 0. The number of H-pyrrole nitrogens is 2. The molecule has 0 fully saturated rings. The second-order valence-electron chi connectivity index (χ2n) is 5.52. The first kappa shape index (κ1) is 15.1. The lowest BCUT2D eigenvalue weighted by molar-refractivity contribution is -0.140. The Morgan fingerprint density at radius 2 is 1.87 bits per heavy atom. The van der Waals surface area contributed by atoms with Crippen molar-refractivity contribution in [3.05, 3.63) is 69.6 Å². The predicted molar refractivity (Wildman–Crippen MR) is 88.6 cm³/mol. The first-order chi connectivity index (χ1) is 11.1. The van der Waals surface area contributed by atoms with Crippen molar-refractivity contribution < 1.29 is 9.53 Å². The number of carbonyl (C=O) groups excluding carboxylic acids is 1. The fourth-order valence-corrected chi connectivity index (χ4v) is 3.05. The number of fused-ring (bicyclic) bond motifs is 1. The maximum Gasteiger partial charge on any atom is 0.306 e. The molecule has 0 saturated carbocycles. The van der Waals surface area contributed by atoms with E-state index < -0.39 is 0 Å². The van der Waals surface area contributed by atoms with Crippen LogP contribution in [0.25, 0.3) is 10.8 Å². The quantitative estimate of drug-likeness (QED) is 0.728. The lowest BCUT2D eigenvalue weighted by Gasteiger charge is -2.17. The maximum absolute atomic E-state index is 12.2. The molecule has 0 bridgehead atoms. The Balaban J connectivity index is 2.22. The van der Waals surface area contributed by atoms with Crippen molar-refractivity contribution in [2.45, 2.75) is 19.3 Å². The van der Waals surface area contributed by atoms with E-state index in [1.807, 2.05) is 49.4 Å². The van der Waals surface area contributed by atoms with Gasteiger partial charge in [-0.05, 0) is 23.3 Å². The van der Waals surface area contributed by atoms with Crippen LogP contribution in [0.2, 0.25) is 0 Å². The third-order valence-electron chi connectivity index (χ3n) is 4.16. The van der Waals surface area contributed by atoms with Crippen LogP contribution < -0.4 is 5.56 Å². The average molecular weight is 310 g/mol. The minimum absolute atomic E-state index is 0.117. The smallest absolute Gasteiger partial charge is 0.306 e. The van der Waals surface area contributed by atoms with Gasteiger partial charge < -0.3 is 9.84 Å². The van der Waals surface area contributed by atoms with E-state index in [-0.39, 0.29) is 23.9 Å². The molecule has 0 aliphatic carbocycles. The highest BCUT2D eigenvalue weighted by atomic mass is 16.5. The van der Waals surface area contributed by atoms with Gasteiger partial charge in [0.1, 0.15) is 0 Å². The van der Waals surface area contributed by atoms with Crippen molar-refractivity contribution in [3.63, 3.8) is 0 Å². The minimum atomic E-state index is -0.358. The molecule has 2 N–H and O–H groups in total. The Morgan fingerprint density at radius 3 is 2.57 bits per heavy atom. The number of rotatable bonds is 4. The van der Waals surface area contributed by atoms with Crippen LogP contribution in [0.1, 0.15) is 29.2 Å². The van der Waals surface area contributed by atoms with Gasteiger partial charge in [0, 0.05) is 17.2 Å². The summed E-state index contributed by atoms with van der Waals surface area (Å²) in [6.45, 7) is 1.82. The van der Waals surface area contributed by atoms with Crippen molar-refractivity contribution in [2.75, 3.05) is 7.11 Å². The zero-order valence-corrected chi connectivity index (χ0v) is 13.1. The average Bonchev–Trinajstić information content (AvgIpc) is 2.91. The normalized spacial score (nSPS) is 12.3. The van der Waals surface area contributed by atoms with Crippen LogP contribution in [0.3, 0.4) is 0 Å². The number of hydrogen-bond donors (Lipinski definition) is 2. The molecule has 3 rings (SSSR count). The molecule has 1 atom stereocenters. The number of carbonyl (C=O) groups is 1. The highest BCUT2D eigenvalue weighted by Crippen LogP contribution is 2.33. The number of hydrogen-bond acceptors (Lipinski definition) is 3. The van der Waals surface area contributed by atoms with Crippen molar-refractivity contribution in [2.24, 2.45) is 0 Å². The van der Waals surface area contributed by atoms with E-state index >= 15 is 0 Å². The summed E-state index contributed by atoms with van der Waals surface area (Å²) < 4.78 is 4.83. The summed E-state index contributed by atoms with van der Waals surface area (Å²) in [4.78, 5) is 24.1. The van der Waals surface area contributed by atoms with Crippen LogP contribution in [0.5, 0.6) is 0 Å². The zero-order chi connectivity index (χ0) is 16.4. The molecule has 2 aromatic carbocycles. The van der Waals surface area contributed by atoms with Gasteiger partial charge in [0.2, 0.25) is 0 Å². The van der Waals surface area contributed by atoms with Gasteiger partial charge in [0.25, 0.3) is 5.56 Å². The number of nitrogens with one attached hydrogen (secondary N) is 2. The van der Waals surface area contributed by atoms with Gasteiger partial charge in [-0.25, -0.2) is 0 Å². The monoisotopic (exact) mass is 310 g/mol. The van der Waals surface area contributed by atoms with E-state index in [2.05, 4.69) is 10.2 Å². The highest BCUT2D eigenvalue weighted by Gasteiger charge is 2.25. The molecular formula is C18H18N2O3. The number of methoxy groups -OCH3 is 1. The Bertz CT molecular complexity index is 903. The second-order valence-corrected chi connectivity index (χ2v) is 5.52. The highest BCUT2D eigenvalue weighted by molar-refractivity contribution is 5.87. The molecule has 0 unspecified atom stereocenters. The van der Waals surface area contributed by atoms with E-state index in [0.717, 1.165) is 22.0 Å². The number of benzene rings is 2. The van der Waals surface area contributed by atoms with Crippen LogP contribution in [0, 0.1) is 6.92 Å². The van der Waals surface area contributed by atoms with Gasteiger partial charge in [-0.2, -0.15) is 0 Å². The van der Waals surface area contributed by atoms with Crippen molar-refractivity contribution >= 4 is 16.7 Å². The van der Waals surface area contributed by atoms with Gasteiger partial charge in [0.05, 0.1) is 13.5 Å². The number of esters is 1. The summed E-state index contributed by atoms with van der Waals surface area (Å²) in [7, 11) is 1.36. The van der Waals surface area contributed by atoms with Crippen LogP contribution in [0.4, 0.5) is 0 Å². The topological polar surface area (TPSA) is 75.0 Å². The molecule has 0 radical (unpaired) electrons. The van der Waals surface area contributed by atoms with E-state index in [1.54, 1.807) is 0 Å². The third kappa shape index (κ3) is 2.77. The van der Waals surface area contributed by atoms with Crippen LogP contribution in [-0.4, -0.2) is 23.3 Å². The van der Waals surface area contributed by atoms with Crippen molar-refractivity contribution in [3.8, 4) is 0 Å². The largest absolute Gasteiger partial charge is 0.469 e. The van der Waals surface area contributed by atoms with Crippen LogP contribution in [-0.2, 0) is 9.53 Å². The summed E-state index contributed by atoms with van der Waals surface area (Å²) in [5, 5.41) is 7.54. The number of aryl methyl sites for hydroxylation is 1. The minimum Gasteiger partial charge on any atom is -0.469 e. The standard InChI is InChI=1S/C18H18N2O3/c1-11-17(18(22)20-19-11)15(10-16(21)23-2)14-9-5-7-12-6-3-4-8-13(12)14/h3-9,15H,10H2,1-2H3,(H2,19,20,22)/t15-/m0/s1. The number of aromatic nitrogens is 2. The van der Waals surface area contributed by atoms with Gasteiger partial charge in [-0.1, -0.05) is 42.5 Å². The van der Waals surface area contributed by atoms with E-state index in [9.17, 15) is 9.59 Å². The van der Waals surface area contributed by atoms with E-state index in [4.69, 9.17) is 4.74 Å². The Morgan fingerprint density at radius 1 is 1.13 bits per heavy atom. The lowest BCUT2D eigenvalue weighted by atomic mass is 9.85. The molecule has 0 aliphatic rings. The molecule has 23 heavy (non-hydrogen) atoms. The lowest BCUT2D eigenvalue weighted by Crippen LogP contribution is -2.17.